The summed E-state index contributed by atoms with van der Waals surface area (Å²) in [5.74, 6) is -0.129. The molecular weight excluding hydrogens is 312 g/mol. The summed E-state index contributed by atoms with van der Waals surface area (Å²) in [6.45, 7) is 0.647. The van der Waals surface area contributed by atoms with Gasteiger partial charge in [-0.25, -0.2) is 0 Å². The third-order valence-corrected chi connectivity index (χ3v) is 5.98. The van der Waals surface area contributed by atoms with Crippen molar-refractivity contribution >= 4 is 28.2 Å². The molecule has 1 aromatic heterocycles. The lowest BCUT2D eigenvalue weighted by Gasteiger charge is -2.14. The highest BCUT2D eigenvalue weighted by atomic mass is 32.1. The number of aryl methyl sites for hydroxylation is 1. The maximum atomic E-state index is 12.7. The van der Waals surface area contributed by atoms with Crippen molar-refractivity contribution in [2.45, 2.75) is 63.5 Å². The molecule has 2 amide bonds. The quantitative estimate of drug-likeness (QED) is 0.889. The van der Waals surface area contributed by atoms with Crippen molar-refractivity contribution in [2.24, 2.45) is 0 Å². The van der Waals surface area contributed by atoms with E-state index >= 15 is 0 Å². The Morgan fingerprint density at radius 2 is 1.91 bits per heavy atom. The molecule has 1 atom stereocenters. The van der Waals surface area contributed by atoms with Crippen LogP contribution in [0.4, 0.5) is 5.00 Å². The summed E-state index contributed by atoms with van der Waals surface area (Å²) in [6, 6.07) is 0.323. The Hall–Kier alpha value is -1.40. The van der Waals surface area contributed by atoms with Gasteiger partial charge in [0.1, 0.15) is 11.1 Å². The number of amides is 2. The average Bonchev–Trinajstić information content (AvgIpc) is 3.06. The second-order valence-electron chi connectivity index (χ2n) is 6.65. The van der Waals surface area contributed by atoms with Crippen LogP contribution in [0.3, 0.4) is 0 Å². The molecule has 2 N–H and O–H groups in total. The molecule has 0 spiro atoms. The summed E-state index contributed by atoms with van der Waals surface area (Å²) >= 11 is 1.58. The van der Waals surface area contributed by atoms with E-state index < -0.39 is 0 Å². The first kappa shape index (κ1) is 15.1. The molecule has 23 heavy (non-hydrogen) atoms. The van der Waals surface area contributed by atoms with E-state index in [1.54, 1.807) is 11.3 Å². The van der Waals surface area contributed by atoms with Crippen LogP contribution in [0.1, 0.15) is 59.3 Å². The summed E-state index contributed by atoms with van der Waals surface area (Å²) < 4.78 is 5.46. The maximum Gasteiger partial charge on any atom is 0.254 e. The molecular formula is C17H22N2O3S. The Balaban J connectivity index is 1.60. The van der Waals surface area contributed by atoms with E-state index in [1.165, 1.54) is 4.88 Å². The van der Waals surface area contributed by atoms with E-state index in [9.17, 15) is 9.59 Å². The van der Waals surface area contributed by atoms with E-state index in [2.05, 4.69) is 10.6 Å². The van der Waals surface area contributed by atoms with Gasteiger partial charge in [-0.3, -0.25) is 9.59 Å². The summed E-state index contributed by atoms with van der Waals surface area (Å²) in [5.41, 5.74) is 1.87. The molecule has 2 heterocycles. The lowest BCUT2D eigenvalue weighted by Crippen LogP contribution is -2.30. The lowest BCUT2D eigenvalue weighted by molar-refractivity contribution is -0.124. The molecule has 0 radical (unpaired) electrons. The number of hydrogen-bond acceptors (Lipinski definition) is 4. The van der Waals surface area contributed by atoms with Gasteiger partial charge in [-0.1, -0.05) is 0 Å². The minimum Gasteiger partial charge on any atom is -0.368 e. The highest BCUT2D eigenvalue weighted by molar-refractivity contribution is 7.17. The Bertz CT molecular complexity index is 630. The molecule has 1 aromatic rings. The number of nitrogens with one attached hydrogen (secondary N) is 2. The van der Waals surface area contributed by atoms with Crippen LogP contribution in [-0.2, 0) is 22.4 Å². The maximum absolute atomic E-state index is 12.7. The van der Waals surface area contributed by atoms with Gasteiger partial charge in [0.2, 0.25) is 0 Å². The van der Waals surface area contributed by atoms with Crippen LogP contribution in [0.5, 0.6) is 0 Å². The SMILES string of the molecule is O=C(NC1CC1)c1c(NC(=O)[C@H]2CCCO2)sc2c1CCCC2. The summed E-state index contributed by atoms with van der Waals surface area (Å²) in [7, 11) is 0. The van der Waals surface area contributed by atoms with Gasteiger partial charge in [0, 0.05) is 17.5 Å². The topological polar surface area (TPSA) is 67.4 Å². The van der Waals surface area contributed by atoms with E-state index in [4.69, 9.17) is 4.74 Å². The highest BCUT2D eigenvalue weighted by Crippen LogP contribution is 2.39. The Morgan fingerprint density at radius 3 is 2.65 bits per heavy atom. The van der Waals surface area contributed by atoms with Gasteiger partial charge in [-0.2, -0.15) is 0 Å². The minimum atomic E-state index is -0.367. The normalized spacial score (nSPS) is 23.4. The fourth-order valence-electron chi connectivity index (χ4n) is 3.36. The summed E-state index contributed by atoms with van der Waals surface area (Å²) in [4.78, 5) is 26.3. The van der Waals surface area contributed by atoms with Gasteiger partial charge in [0.05, 0.1) is 5.56 Å². The van der Waals surface area contributed by atoms with Gasteiger partial charge in [0.15, 0.2) is 0 Å². The average molecular weight is 334 g/mol. The third kappa shape index (κ3) is 3.15. The highest BCUT2D eigenvalue weighted by Gasteiger charge is 2.31. The standard InChI is InChI=1S/C17H22N2O3S/c20-15(12-5-3-9-22-12)19-17-14(16(21)18-10-7-8-10)11-4-1-2-6-13(11)23-17/h10,12H,1-9H2,(H,18,21)(H,19,20)/t12-/m1/s1. The molecule has 6 heteroatoms. The number of thiophene rings is 1. The second kappa shape index (κ2) is 6.24. The molecule has 2 aliphatic carbocycles. The first-order chi connectivity index (χ1) is 11.2. The summed E-state index contributed by atoms with van der Waals surface area (Å²) in [6.07, 6.45) is 7.69. The number of ether oxygens (including phenoxy) is 1. The van der Waals surface area contributed by atoms with E-state index in [0.717, 1.165) is 61.9 Å². The predicted molar refractivity (Wildman–Crippen MR) is 89.1 cm³/mol. The molecule has 1 saturated carbocycles. The van der Waals surface area contributed by atoms with Crippen molar-refractivity contribution in [3.05, 3.63) is 16.0 Å². The predicted octanol–water partition coefficient (Wildman–Crippen LogP) is 2.64. The Kier molecular flexibility index (Phi) is 4.11. The molecule has 5 nitrogen and oxygen atoms in total. The minimum absolute atomic E-state index is 0.0189. The number of fused-ring (bicyclic) bond motifs is 1. The second-order valence-corrected chi connectivity index (χ2v) is 7.76. The van der Waals surface area contributed by atoms with Gasteiger partial charge in [0.25, 0.3) is 11.8 Å². The Labute approximate surface area is 139 Å². The number of rotatable bonds is 4. The van der Waals surface area contributed by atoms with Crippen molar-refractivity contribution in [1.29, 1.82) is 0 Å². The van der Waals surface area contributed by atoms with Crippen molar-refractivity contribution in [2.75, 3.05) is 11.9 Å². The smallest absolute Gasteiger partial charge is 0.254 e. The van der Waals surface area contributed by atoms with Crippen LogP contribution < -0.4 is 10.6 Å². The van der Waals surface area contributed by atoms with Crippen LogP contribution in [0.25, 0.3) is 0 Å². The van der Waals surface area contributed by atoms with E-state index in [0.29, 0.717) is 18.2 Å². The van der Waals surface area contributed by atoms with Gasteiger partial charge in [-0.15, -0.1) is 11.3 Å². The molecule has 1 saturated heterocycles. The molecule has 2 fully saturated rings. The van der Waals surface area contributed by atoms with Crippen LogP contribution in [0.2, 0.25) is 0 Å². The van der Waals surface area contributed by atoms with Crippen molar-refractivity contribution < 1.29 is 14.3 Å². The molecule has 4 rings (SSSR count). The first-order valence-corrected chi connectivity index (χ1v) is 9.42. The molecule has 0 unspecified atom stereocenters. The van der Waals surface area contributed by atoms with Crippen molar-refractivity contribution in [1.82, 2.24) is 5.32 Å². The zero-order chi connectivity index (χ0) is 15.8. The third-order valence-electron chi connectivity index (χ3n) is 4.77. The molecule has 0 aromatic carbocycles. The van der Waals surface area contributed by atoms with Crippen LogP contribution in [0.15, 0.2) is 0 Å². The zero-order valence-corrected chi connectivity index (χ0v) is 14.0. The fourth-order valence-corrected chi connectivity index (χ4v) is 4.65. The number of hydrogen-bond donors (Lipinski definition) is 2. The van der Waals surface area contributed by atoms with Gasteiger partial charge in [-0.05, 0) is 56.9 Å². The monoisotopic (exact) mass is 334 g/mol. The van der Waals surface area contributed by atoms with Gasteiger partial charge < -0.3 is 15.4 Å². The molecule has 124 valence electrons. The lowest BCUT2D eigenvalue weighted by atomic mass is 9.95. The number of carbonyl (C=O) groups is 2. The van der Waals surface area contributed by atoms with Gasteiger partial charge >= 0.3 is 0 Å². The van der Waals surface area contributed by atoms with Crippen molar-refractivity contribution in [3.8, 4) is 0 Å². The fraction of sp³-hybridized carbons (Fsp3) is 0.647. The van der Waals surface area contributed by atoms with Crippen LogP contribution in [0, 0.1) is 0 Å². The summed E-state index contributed by atoms with van der Waals surface area (Å²) in [5, 5.41) is 6.77. The molecule has 3 aliphatic rings. The Morgan fingerprint density at radius 1 is 1.09 bits per heavy atom. The number of carbonyl (C=O) groups excluding carboxylic acids is 2. The van der Waals surface area contributed by atoms with Crippen molar-refractivity contribution in [3.63, 3.8) is 0 Å². The van der Waals surface area contributed by atoms with Crippen LogP contribution >= 0.6 is 11.3 Å². The molecule has 0 bridgehead atoms. The van der Waals surface area contributed by atoms with E-state index in [1.807, 2.05) is 0 Å². The van der Waals surface area contributed by atoms with E-state index in [-0.39, 0.29) is 17.9 Å². The van der Waals surface area contributed by atoms with Crippen LogP contribution in [-0.4, -0.2) is 30.6 Å². The molecule has 1 aliphatic heterocycles. The first-order valence-electron chi connectivity index (χ1n) is 8.60. The largest absolute Gasteiger partial charge is 0.368 e. The zero-order valence-electron chi connectivity index (χ0n) is 13.2. The number of anilines is 1.